The van der Waals surface area contributed by atoms with Crippen molar-refractivity contribution in [1.82, 2.24) is 0 Å². The van der Waals surface area contributed by atoms with Gasteiger partial charge in [0.15, 0.2) is 12.6 Å². The maximum Gasteiger partial charge on any atom is 1.00 e. The monoisotopic (exact) mass is 1560 g/mol. The molecular formula is C63H40Br3O3S15+. The van der Waals surface area contributed by atoms with Crippen LogP contribution in [0, 0.1) is 0 Å². The van der Waals surface area contributed by atoms with E-state index in [0.717, 1.165) is 65.2 Å². The fraction of sp³-hybridized carbons (Fsp3) is 0.0794. The van der Waals surface area contributed by atoms with E-state index < -0.39 is 0 Å². The zero-order valence-electron chi connectivity index (χ0n) is 44.5. The third kappa shape index (κ3) is 13.3. The van der Waals surface area contributed by atoms with Gasteiger partial charge in [-0.05, 0) is 200 Å². The molecule has 420 valence electrons. The summed E-state index contributed by atoms with van der Waals surface area (Å²) in [5, 5.41) is 42.2. The van der Waals surface area contributed by atoms with Gasteiger partial charge >= 0.3 is 1.43 Å². The first kappa shape index (κ1) is 59.6. The minimum atomic E-state index is 0. The fourth-order valence-corrected chi connectivity index (χ4v) is 26.2. The number of ether oxygens (including phenoxy) is 1. The third-order valence-electron chi connectivity index (χ3n) is 13.4. The van der Waals surface area contributed by atoms with Gasteiger partial charge in [0.2, 0.25) is 0 Å². The lowest BCUT2D eigenvalue weighted by molar-refractivity contribution is 0.111. The first-order chi connectivity index (χ1) is 41.1. The lowest BCUT2D eigenvalue weighted by Crippen LogP contribution is -1.87. The molecule has 0 fully saturated rings. The van der Waals surface area contributed by atoms with Crippen molar-refractivity contribution >= 4 is 310 Å². The molecule has 0 N–H and O–H groups in total. The number of rotatable bonds is 11. The third-order valence-corrected chi connectivity index (χ3v) is 30.9. The average molecular weight is 1570 g/mol. The van der Waals surface area contributed by atoms with Crippen molar-refractivity contribution in [3.05, 3.63) is 213 Å². The summed E-state index contributed by atoms with van der Waals surface area (Å²) in [6, 6.07) is 23.1. The number of carbonyl (C=O) groups is 2. The molecule has 0 aliphatic heterocycles. The van der Waals surface area contributed by atoms with Gasteiger partial charge in [0.25, 0.3) is 0 Å². The number of benzene rings is 2. The van der Waals surface area contributed by atoms with Crippen molar-refractivity contribution in [3.63, 3.8) is 0 Å². The van der Waals surface area contributed by atoms with Crippen LogP contribution in [-0.2, 0) is 25.7 Å². The Bertz CT molecular complexity index is 4770. The van der Waals surface area contributed by atoms with Crippen LogP contribution < -0.4 is 4.74 Å². The SMILES string of the molecule is Brc1cscc1Cc1cc2sc(Cc3cscc3Br)cc2s1.COc1cscc1Cc1cc2sc(Cc3cscc3C=O)cc2s1.O=Cc1cscc1Br.[H+].c1cc2sccc2s1.c1scc2cc3c(cc12)sc1c2cc4cscc4cc2sc31. The molecule has 17 aromatic rings. The first-order valence-electron chi connectivity index (χ1n) is 25.3. The van der Waals surface area contributed by atoms with Gasteiger partial charge in [0, 0.05) is 156 Å². The number of carbonyl (C=O) groups excluding carboxylic acids is 2. The van der Waals surface area contributed by atoms with Gasteiger partial charge in [0.1, 0.15) is 5.75 Å². The van der Waals surface area contributed by atoms with E-state index in [4.69, 9.17) is 4.74 Å². The molecular weight excluding hydrogens is 1530 g/mol. The Morgan fingerprint density at radius 3 is 1.19 bits per heavy atom. The second kappa shape index (κ2) is 27.1. The van der Waals surface area contributed by atoms with E-state index in [-0.39, 0.29) is 1.43 Å². The van der Waals surface area contributed by atoms with Crippen LogP contribution in [0.4, 0.5) is 0 Å². The highest BCUT2D eigenvalue weighted by Gasteiger charge is 2.16. The van der Waals surface area contributed by atoms with E-state index in [1.165, 1.54) is 136 Å². The van der Waals surface area contributed by atoms with Crippen LogP contribution >= 0.6 is 218 Å². The maximum atomic E-state index is 11.1. The Labute approximate surface area is 569 Å². The van der Waals surface area contributed by atoms with Gasteiger partial charge in [-0.1, -0.05) is 0 Å². The number of thiophene rings is 15. The van der Waals surface area contributed by atoms with Crippen LogP contribution in [0.1, 0.15) is 63.9 Å². The summed E-state index contributed by atoms with van der Waals surface area (Å²) in [6.45, 7) is 0. The Morgan fingerprint density at radius 1 is 0.381 bits per heavy atom. The molecule has 21 heteroatoms. The number of methoxy groups -OCH3 is 1. The van der Waals surface area contributed by atoms with Gasteiger partial charge in [-0.2, -0.15) is 68.0 Å². The van der Waals surface area contributed by atoms with Crippen LogP contribution in [0.25, 0.3) is 79.3 Å². The molecule has 0 unspecified atom stereocenters. The molecule has 15 heterocycles. The number of hydrogen-bond acceptors (Lipinski definition) is 18. The van der Waals surface area contributed by atoms with E-state index in [1.54, 1.807) is 103 Å². The molecule has 84 heavy (non-hydrogen) atoms. The number of hydrogen-bond donors (Lipinski definition) is 0. The Kier molecular flexibility index (Phi) is 19.2. The Hall–Kier alpha value is -3.40. The molecule has 0 aliphatic carbocycles. The predicted octanol–water partition coefficient (Wildman–Crippen LogP) is 27.0. The second-order valence-electron chi connectivity index (χ2n) is 18.9. The summed E-state index contributed by atoms with van der Waals surface area (Å²) >= 11 is 37.4. The van der Waals surface area contributed by atoms with Crippen LogP contribution in [0.15, 0.2) is 160 Å². The van der Waals surface area contributed by atoms with E-state index in [0.29, 0.717) is 0 Å². The lowest BCUT2D eigenvalue weighted by Gasteiger charge is -2.00. The molecule has 0 atom stereocenters. The van der Waals surface area contributed by atoms with Gasteiger partial charge in [-0.25, -0.2) is 0 Å². The molecule has 0 saturated heterocycles. The molecule has 2 aromatic carbocycles. The molecule has 0 saturated carbocycles. The summed E-state index contributed by atoms with van der Waals surface area (Å²) in [7, 11) is 1.73. The summed E-state index contributed by atoms with van der Waals surface area (Å²) in [4.78, 5) is 26.7. The van der Waals surface area contributed by atoms with E-state index in [2.05, 4.69) is 178 Å². The first-order valence-corrected chi connectivity index (χ1v) is 41.0. The number of halogens is 3. The van der Waals surface area contributed by atoms with Crippen molar-refractivity contribution < 1.29 is 15.8 Å². The van der Waals surface area contributed by atoms with Crippen LogP contribution in [-0.4, -0.2) is 19.7 Å². The Morgan fingerprint density at radius 2 is 0.762 bits per heavy atom. The van der Waals surface area contributed by atoms with Gasteiger partial charge in [0.05, 0.1) is 16.5 Å². The average Bonchev–Trinajstić information content (AvgIpc) is 2.34. The van der Waals surface area contributed by atoms with Crippen molar-refractivity contribution in [2.75, 3.05) is 7.11 Å². The zero-order valence-corrected chi connectivity index (χ0v) is 60.5. The van der Waals surface area contributed by atoms with Gasteiger partial charge in [-0.3, -0.25) is 9.59 Å². The summed E-state index contributed by atoms with van der Waals surface area (Å²) < 4.78 is 22.8. The molecule has 0 radical (unpaired) electrons. The number of aldehydes is 2. The van der Waals surface area contributed by atoms with Crippen molar-refractivity contribution in [2.45, 2.75) is 25.7 Å². The molecule has 0 amide bonds. The fourth-order valence-electron chi connectivity index (χ4n) is 9.30. The van der Waals surface area contributed by atoms with Crippen LogP contribution in [0.5, 0.6) is 5.75 Å². The van der Waals surface area contributed by atoms with Gasteiger partial charge in [-0.15, -0.1) is 102 Å². The van der Waals surface area contributed by atoms with Gasteiger partial charge < -0.3 is 4.74 Å². The standard InChI is InChI=1S/C18H14O2S4.C18H8S4.C16H10Br2S4.C6H4S2.C5H3BrOS/c1-20-16-10-22-8-12(16)3-15-5-18-17(24-15)4-14(23-18)2-11-7-21-9-13(11)6-19;1-9-5-19-7-11(9)3-15-13(1)17-18(21-15)14-2-10-6-20-8-12(10)4-16(14)22-17;17-13-7-19-5-9(13)1-11-3-15-16(21-11)4-12(22-15)2-10-6-20-8-14(10)18;1-3-7-6-2-4-8-5(1)6;6-5-3-8-2-4(5)1-7/h4-10H,2-3H2,1H3;1-8H;3-8H,1-2H2;1-4H;1-3H/p+1. The highest BCUT2D eigenvalue weighted by Crippen LogP contribution is 2.47. The van der Waals surface area contributed by atoms with Crippen molar-refractivity contribution in [3.8, 4) is 5.75 Å². The minimum absolute atomic E-state index is 0. The zero-order chi connectivity index (χ0) is 57.3. The quantitative estimate of drug-likeness (QED) is 0.121. The normalized spacial score (nSPS) is 11.4. The second-order valence-corrected chi connectivity index (χ2v) is 35.3. The van der Waals surface area contributed by atoms with Crippen molar-refractivity contribution in [1.29, 1.82) is 0 Å². The highest BCUT2D eigenvalue weighted by atomic mass is 79.9. The molecule has 0 spiro atoms. The summed E-state index contributed by atoms with van der Waals surface area (Å²) in [5.74, 6) is 0.983. The molecule has 0 bridgehead atoms. The molecule has 15 aromatic heterocycles. The number of fused-ring (bicyclic) bond motifs is 10. The lowest BCUT2D eigenvalue weighted by atomic mass is 10.1. The van der Waals surface area contributed by atoms with E-state index in [9.17, 15) is 9.59 Å². The van der Waals surface area contributed by atoms with Crippen LogP contribution in [0.3, 0.4) is 0 Å². The summed E-state index contributed by atoms with van der Waals surface area (Å²) in [5.41, 5.74) is 6.72. The maximum absolute atomic E-state index is 11.1. The predicted molar refractivity (Wildman–Crippen MR) is 399 cm³/mol. The molecule has 0 aliphatic rings. The summed E-state index contributed by atoms with van der Waals surface area (Å²) in [6.07, 6.45) is 5.61. The largest absolute Gasteiger partial charge is 1.00 e. The van der Waals surface area contributed by atoms with Crippen molar-refractivity contribution in [2.24, 2.45) is 0 Å². The van der Waals surface area contributed by atoms with Crippen LogP contribution in [0.2, 0.25) is 0 Å². The molecule has 17 rings (SSSR count). The topological polar surface area (TPSA) is 43.4 Å². The highest BCUT2D eigenvalue weighted by molar-refractivity contribution is 9.11. The Balaban J connectivity index is 0.000000110. The van der Waals surface area contributed by atoms with E-state index >= 15 is 0 Å². The van der Waals surface area contributed by atoms with E-state index in [1.807, 2.05) is 78.8 Å². The minimum Gasteiger partial charge on any atom is -0.496 e. The smallest absolute Gasteiger partial charge is 0.496 e. The molecule has 3 nitrogen and oxygen atoms in total.